The molecular weight excluding hydrogens is 589 g/mol. The van der Waals surface area contributed by atoms with Gasteiger partial charge in [-0.2, -0.15) is 0 Å². The van der Waals surface area contributed by atoms with Crippen LogP contribution in [0.3, 0.4) is 0 Å². The minimum Gasteiger partial charge on any atom is -0.0622 e. The van der Waals surface area contributed by atoms with Crippen LogP contribution in [0.4, 0.5) is 0 Å². The third-order valence-electron chi connectivity index (χ3n) is 11.0. The van der Waals surface area contributed by atoms with Crippen LogP contribution in [-0.4, -0.2) is 0 Å². The van der Waals surface area contributed by atoms with Crippen LogP contribution in [0.1, 0.15) is 25.0 Å². The fourth-order valence-corrected chi connectivity index (χ4v) is 8.95. The Morgan fingerprint density at radius 2 is 0.776 bits per heavy atom. The van der Waals surface area contributed by atoms with Gasteiger partial charge < -0.3 is 0 Å². The van der Waals surface area contributed by atoms with E-state index in [0.29, 0.717) is 0 Å². The minimum absolute atomic E-state index is 0.157. The molecule has 0 radical (unpaired) electrons. The van der Waals surface area contributed by atoms with Gasteiger partial charge in [0.1, 0.15) is 0 Å². The quantitative estimate of drug-likeness (QED) is 0.172. The lowest BCUT2D eigenvalue weighted by Gasteiger charge is -2.26. The van der Waals surface area contributed by atoms with Gasteiger partial charge in [-0.15, -0.1) is 0 Å². The summed E-state index contributed by atoms with van der Waals surface area (Å²) in [4.78, 5) is 0. The Labute approximate surface area is 286 Å². The van der Waals surface area contributed by atoms with Crippen LogP contribution in [0.15, 0.2) is 170 Å². The average molecular weight is 623 g/mol. The molecule has 0 nitrogen and oxygen atoms in total. The van der Waals surface area contributed by atoms with Crippen molar-refractivity contribution in [3.8, 4) is 44.5 Å². The van der Waals surface area contributed by atoms with Gasteiger partial charge in [0.2, 0.25) is 0 Å². The molecule has 1 aliphatic rings. The maximum Gasteiger partial charge on any atom is 0.0165 e. The van der Waals surface area contributed by atoms with Crippen LogP contribution >= 0.6 is 0 Å². The van der Waals surface area contributed by atoms with Crippen molar-refractivity contribution in [1.29, 1.82) is 0 Å². The summed E-state index contributed by atoms with van der Waals surface area (Å²) in [5.74, 6) is 0. The van der Waals surface area contributed by atoms with Crippen molar-refractivity contribution in [2.75, 3.05) is 0 Å². The van der Waals surface area contributed by atoms with E-state index in [9.17, 15) is 0 Å². The highest BCUT2D eigenvalue weighted by Gasteiger charge is 2.39. The lowest BCUT2D eigenvalue weighted by Crippen LogP contribution is -2.16. The van der Waals surface area contributed by atoms with Gasteiger partial charge in [0.15, 0.2) is 0 Å². The van der Waals surface area contributed by atoms with Gasteiger partial charge in [0.05, 0.1) is 0 Å². The molecule has 10 rings (SSSR count). The third-order valence-corrected chi connectivity index (χ3v) is 11.0. The molecule has 0 atom stereocenters. The largest absolute Gasteiger partial charge is 0.0622 e. The second-order valence-corrected chi connectivity index (χ2v) is 14.0. The summed E-state index contributed by atoms with van der Waals surface area (Å²) in [6.45, 7) is 4.82. The highest BCUT2D eigenvalue weighted by molar-refractivity contribution is 6.24. The van der Waals surface area contributed by atoms with Crippen molar-refractivity contribution in [1.82, 2.24) is 0 Å². The Kier molecular flexibility index (Phi) is 6.02. The highest BCUT2D eigenvalue weighted by Crippen LogP contribution is 2.56. The molecule has 0 N–H and O–H groups in total. The van der Waals surface area contributed by atoms with E-state index in [1.165, 1.54) is 98.7 Å². The van der Waals surface area contributed by atoms with Crippen molar-refractivity contribution in [2.24, 2.45) is 0 Å². The molecule has 0 heteroatoms. The monoisotopic (exact) mass is 622 g/mol. The van der Waals surface area contributed by atoms with Gasteiger partial charge in [0, 0.05) is 5.41 Å². The molecule has 0 unspecified atom stereocenters. The van der Waals surface area contributed by atoms with E-state index in [2.05, 4.69) is 184 Å². The molecule has 49 heavy (non-hydrogen) atoms. The first kappa shape index (κ1) is 28.1. The lowest BCUT2D eigenvalue weighted by atomic mass is 9.76. The third kappa shape index (κ3) is 3.98. The van der Waals surface area contributed by atoms with Gasteiger partial charge in [-0.25, -0.2) is 0 Å². The molecule has 0 saturated carbocycles. The highest BCUT2D eigenvalue weighted by atomic mass is 14.4. The normalized spacial score (nSPS) is 13.3. The molecule has 9 aromatic carbocycles. The van der Waals surface area contributed by atoms with Crippen molar-refractivity contribution in [3.63, 3.8) is 0 Å². The van der Waals surface area contributed by atoms with Crippen LogP contribution < -0.4 is 0 Å². The first-order chi connectivity index (χ1) is 24.1. The van der Waals surface area contributed by atoms with E-state index in [-0.39, 0.29) is 5.41 Å². The summed E-state index contributed by atoms with van der Waals surface area (Å²) in [5, 5.41) is 10.3. The van der Waals surface area contributed by atoms with E-state index < -0.39 is 0 Å². The Balaban J connectivity index is 1.30. The molecule has 1 aliphatic carbocycles. The summed E-state index contributed by atoms with van der Waals surface area (Å²) < 4.78 is 0. The molecule has 0 saturated heterocycles. The van der Waals surface area contributed by atoms with Crippen LogP contribution in [-0.2, 0) is 5.41 Å². The number of hydrogen-bond acceptors (Lipinski definition) is 0. The molecule has 9 aromatic rings. The summed E-state index contributed by atoms with van der Waals surface area (Å²) in [6.07, 6.45) is 0. The molecule has 0 spiro atoms. The van der Waals surface area contributed by atoms with E-state index in [1.807, 2.05) is 0 Å². The second kappa shape index (κ2) is 10.5. The number of rotatable bonds is 3. The molecule has 0 fully saturated rings. The zero-order valence-electron chi connectivity index (χ0n) is 27.7. The summed E-state index contributed by atoms with van der Waals surface area (Å²) in [7, 11) is 0. The predicted octanol–water partition coefficient (Wildman–Crippen LogP) is 13.6. The fraction of sp³-hybridized carbons (Fsp3) is 0.0612. The molecule has 0 bridgehead atoms. The summed E-state index contributed by atoms with van der Waals surface area (Å²) >= 11 is 0. The molecular formula is C49H34. The predicted molar refractivity (Wildman–Crippen MR) is 210 cm³/mol. The van der Waals surface area contributed by atoms with Crippen LogP contribution in [0.5, 0.6) is 0 Å². The van der Waals surface area contributed by atoms with Gasteiger partial charge in [0.25, 0.3) is 0 Å². The van der Waals surface area contributed by atoms with Gasteiger partial charge in [-0.3, -0.25) is 0 Å². The van der Waals surface area contributed by atoms with Crippen LogP contribution in [0.2, 0.25) is 0 Å². The van der Waals surface area contributed by atoms with E-state index in [4.69, 9.17) is 0 Å². The Morgan fingerprint density at radius 3 is 1.41 bits per heavy atom. The summed E-state index contributed by atoms with van der Waals surface area (Å²) in [6, 6.07) is 63.0. The molecule has 230 valence electrons. The lowest BCUT2D eigenvalue weighted by molar-refractivity contribution is 0.663. The van der Waals surface area contributed by atoms with E-state index >= 15 is 0 Å². The maximum atomic E-state index is 2.41. The van der Waals surface area contributed by atoms with Crippen molar-refractivity contribution in [2.45, 2.75) is 19.3 Å². The smallest absolute Gasteiger partial charge is 0.0165 e. The van der Waals surface area contributed by atoms with Gasteiger partial charge >= 0.3 is 0 Å². The summed E-state index contributed by atoms with van der Waals surface area (Å²) in [5.41, 5.74) is 13.1. The Bertz CT molecular complexity index is 2720. The van der Waals surface area contributed by atoms with E-state index in [0.717, 1.165) is 0 Å². The van der Waals surface area contributed by atoms with E-state index in [1.54, 1.807) is 0 Å². The SMILES string of the molecule is CC1(C)c2ccc3ccccc3c2-c2cccc(-c3c4ccccc4c(-c4ccc(-c5ccccc5)c5ccccc45)c4ccccc34)c21. The van der Waals surface area contributed by atoms with Crippen molar-refractivity contribution < 1.29 is 0 Å². The molecule has 0 aromatic heterocycles. The Morgan fingerprint density at radius 1 is 0.306 bits per heavy atom. The van der Waals surface area contributed by atoms with Crippen molar-refractivity contribution in [3.05, 3.63) is 181 Å². The average Bonchev–Trinajstić information content (AvgIpc) is 3.40. The standard InChI is InChI=1S/C49H34/c1-49(2)44-30-27-32-17-6-7-18-34(32)47(44)43-26-14-25-42(48(43)49)46-39-23-12-10-21-37(39)45(38-22-11-13-24-40(38)46)41-29-28-33(31-15-4-3-5-16-31)35-19-8-9-20-36(35)41/h3-30H,1-2H3. The zero-order chi connectivity index (χ0) is 32.7. The fourth-order valence-electron chi connectivity index (χ4n) is 8.95. The second-order valence-electron chi connectivity index (χ2n) is 14.0. The molecule has 0 heterocycles. The zero-order valence-corrected chi connectivity index (χ0v) is 27.7. The number of fused-ring (bicyclic) bond motifs is 8. The van der Waals surface area contributed by atoms with Gasteiger partial charge in [-0.1, -0.05) is 184 Å². The van der Waals surface area contributed by atoms with Crippen molar-refractivity contribution >= 4 is 43.1 Å². The first-order valence-corrected chi connectivity index (χ1v) is 17.3. The van der Waals surface area contributed by atoms with Crippen LogP contribution in [0.25, 0.3) is 87.6 Å². The first-order valence-electron chi connectivity index (χ1n) is 17.3. The minimum atomic E-state index is -0.157. The molecule has 0 aliphatic heterocycles. The topological polar surface area (TPSA) is 0 Å². The number of hydrogen-bond donors (Lipinski definition) is 0. The van der Waals surface area contributed by atoms with Crippen LogP contribution in [0, 0.1) is 0 Å². The molecule has 0 amide bonds. The maximum absolute atomic E-state index is 2.41. The number of benzene rings is 9. The van der Waals surface area contributed by atoms with Gasteiger partial charge in [-0.05, 0) is 98.7 Å². The Hall–Kier alpha value is -5.98.